The van der Waals surface area contributed by atoms with Crippen LogP contribution in [0.5, 0.6) is 0 Å². The predicted molar refractivity (Wildman–Crippen MR) is 79.9 cm³/mol. The number of rotatable bonds is 5. The first-order valence-corrected chi connectivity index (χ1v) is 7.39. The zero-order valence-corrected chi connectivity index (χ0v) is 12.2. The lowest BCUT2D eigenvalue weighted by Gasteiger charge is -2.15. The van der Waals surface area contributed by atoms with Gasteiger partial charge in [0.25, 0.3) is 0 Å². The Labute approximate surface area is 125 Å². The minimum atomic E-state index is -1.62. The fourth-order valence-corrected chi connectivity index (χ4v) is 3.48. The van der Waals surface area contributed by atoms with E-state index in [2.05, 4.69) is 18.1 Å². The van der Waals surface area contributed by atoms with Crippen molar-refractivity contribution >= 4 is 11.8 Å². The Balaban J connectivity index is 2.24. The molecule has 114 valence electrons. The highest BCUT2D eigenvalue weighted by Crippen LogP contribution is 2.42. The van der Waals surface area contributed by atoms with Crippen molar-refractivity contribution in [1.29, 1.82) is 0 Å². The summed E-state index contributed by atoms with van der Waals surface area (Å²) in [7, 11) is 0. The van der Waals surface area contributed by atoms with E-state index in [1.165, 1.54) is 6.20 Å². The standard InChI is InChI=1S/C14H17FN2O3S/c1-3-8(2)6-9-4-5-17(14(20)16-9)13-11(15)12(19)10(7-18)21-13/h3-5,10-13,18-19H,1-2,6-7H2/t10-,11?,12-,13?/m1/s1. The number of nitrogens with zero attached hydrogens (tertiary/aromatic N) is 2. The van der Waals surface area contributed by atoms with E-state index in [4.69, 9.17) is 5.11 Å². The number of hydrogen-bond acceptors (Lipinski definition) is 5. The van der Waals surface area contributed by atoms with Gasteiger partial charge >= 0.3 is 5.69 Å². The molecule has 1 saturated heterocycles. The van der Waals surface area contributed by atoms with Crippen molar-refractivity contribution in [1.82, 2.24) is 9.55 Å². The predicted octanol–water partition coefficient (Wildman–Crippen LogP) is 0.833. The number of hydrogen-bond donors (Lipinski definition) is 2. The van der Waals surface area contributed by atoms with Crippen LogP contribution in [-0.4, -0.2) is 43.9 Å². The Bertz CT molecular complexity index is 604. The summed E-state index contributed by atoms with van der Waals surface area (Å²) in [6.45, 7) is 6.98. The third-order valence-electron chi connectivity index (χ3n) is 3.33. The third kappa shape index (κ3) is 3.25. The maximum atomic E-state index is 14.1. The van der Waals surface area contributed by atoms with E-state index in [9.17, 15) is 14.3 Å². The van der Waals surface area contributed by atoms with Crippen LogP contribution in [0, 0.1) is 0 Å². The van der Waals surface area contributed by atoms with Crippen LogP contribution in [0.2, 0.25) is 0 Å². The van der Waals surface area contributed by atoms with Gasteiger partial charge in [-0.1, -0.05) is 19.2 Å². The van der Waals surface area contributed by atoms with Gasteiger partial charge in [-0.25, -0.2) is 9.18 Å². The molecule has 5 nitrogen and oxygen atoms in total. The van der Waals surface area contributed by atoms with Gasteiger partial charge in [-0.2, -0.15) is 4.98 Å². The van der Waals surface area contributed by atoms with Crippen molar-refractivity contribution in [3.05, 3.63) is 53.2 Å². The third-order valence-corrected chi connectivity index (χ3v) is 4.88. The number of thioether (sulfide) groups is 1. The zero-order chi connectivity index (χ0) is 15.6. The Morgan fingerprint density at radius 2 is 2.33 bits per heavy atom. The summed E-state index contributed by atoms with van der Waals surface area (Å²) >= 11 is 1.03. The lowest BCUT2D eigenvalue weighted by Crippen LogP contribution is -2.33. The largest absolute Gasteiger partial charge is 0.395 e. The highest BCUT2D eigenvalue weighted by molar-refractivity contribution is 8.00. The van der Waals surface area contributed by atoms with Gasteiger partial charge in [-0.05, 0) is 11.6 Å². The number of aliphatic hydroxyl groups excluding tert-OH is 2. The number of aromatic nitrogens is 2. The molecule has 0 aromatic carbocycles. The molecule has 0 radical (unpaired) electrons. The number of allylic oxidation sites excluding steroid dienone is 2. The van der Waals surface area contributed by atoms with Gasteiger partial charge in [0.15, 0.2) is 6.17 Å². The van der Waals surface area contributed by atoms with Gasteiger partial charge in [0.1, 0.15) is 11.5 Å². The average Bonchev–Trinajstić information content (AvgIpc) is 2.75. The van der Waals surface area contributed by atoms with Crippen LogP contribution in [0.1, 0.15) is 11.1 Å². The van der Waals surface area contributed by atoms with Crippen LogP contribution >= 0.6 is 11.8 Å². The highest BCUT2D eigenvalue weighted by Gasteiger charge is 2.44. The lowest BCUT2D eigenvalue weighted by atomic mass is 10.1. The van der Waals surface area contributed by atoms with Gasteiger partial charge < -0.3 is 10.2 Å². The summed E-state index contributed by atoms with van der Waals surface area (Å²) in [6, 6.07) is 1.61. The van der Waals surface area contributed by atoms with E-state index in [0.717, 1.165) is 21.9 Å². The molecule has 0 saturated carbocycles. The summed E-state index contributed by atoms with van der Waals surface area (Å²) in [5, 5.41) is 17.2. The summed E-state index contributed by atoms with van der Waals surface area (Å²) < 4.78 is 15.2. The van der Waals surface area contributed by atoms with Crippen molar-refractivity contribution in [2.24, 2.45) is 0 Å². The molecule has 2 rings (SSSR count). The van der Waals surface area contributed by atoms with Crippen molar-refractivity contribution in [3.8, 4) is 0 Å². The Morgan fingerprint density at radius 3 is 2.86 bits per heavy atom. The van der Waals surface area contributed by atoms with E-state index < -0.39 is 28.6 Å². The normalized spacial score (nSPS) is 28.5. The Morgan fingerprint density at radius 1 is 1.62 bits per heavy atom. The molecule has 1 aliphatic rings. The minimum Gasteiger partial charge on any atom is -0.395 e. The van der Waals surface area contributed by atoms with Gasteiger partial charge in [-0.15, -0.1) is 11.8 Å². The molecule has 2 unspecified atom stereocenters. The quantitative estimate of drug-likeness (QED) is 0.788. The van der Waals surface area contributed by atoms with Crippen LogP contribution in [0.3, 0.4) is 0 Å². The molecule has 0 aliphatic carbocycles. The second kappa shape index (κ2) is 6.55. The van der Waals surface area contributed by atoms with Crippen LogP contribution in [-0.2, 0) is 6.42 Å². The number of halogens is 1. The molecule has 1 aliphatic heterocycles. The topological polar surface area (TPSA) is 75.3 Å². The molecule has 0 spiro atoms. The van der Waals surface area contributed by atoms with Gasteiger partial charge in [0, 0.05) is 12.6 Å². The molecule has 1 aromatic rings. The highest BCUT2D eigenvalue weighted by atomic mass is 32.2. The monoisotopic (exact) mass is 312 g/mol. The van der Waals surface area contributed by atoms with E-state index in [0.29, 0.717) is 12.1 Å². The van der Waals surface area contributed by atoms with Crippen molar-refractivity contribution < 1.29 is 14.6 Å². The van der Waals surface area contributed by atoms with Gasteiger partial charge in [0.2, 0.25) is 0 Å². The van der Waals surface area contributed by atoms with E-state index in [-0.39, 0.29) is 6.61 Å². The van der Waals surface area contributed by atoms with Crippen LogP contribution < -0.4 is 5.69 Å². The Kier molecular flexibility index (Phi) is 4.97. The fraction of sp³-hybridized carbons (Fsp3) is 0.429. The second-order valence-corrected chi connectivity index (χ2v) is 6.19. The molecule has 1 fully saturated rings. The van der Waals surface area contributed by atoms with Gasteiger partial charge in [0.05, 0.1) is 17.6 Å². The minimum absolute atomic E-state index is 0.345. The SMILES string of the molecule is C=CC(=C)Cc1ccn(C2S[C@H](CO)[C@@H](O)C2F)c(=O)n1. The van der Waals surface area contributed by atoms with Crippen LogP contribution in [0.25, 0.3) is 0 Å². The number of aliphatic hydroxyl groups is 2. The molecule has 7 heteroatoms. The van der Waals surface area contributed by atoms with Crippen molar-refractivity contribution in [2.45, 2.75) is 29.3 Å². The van der Waals surface area contributed by atoms with Crippen LogP contribution in [0.15, 0.2) is 41.9 Å². The zero-order valence-electron chi connectivity index (χ0n) is 11.4. The molecule has 0 bridgehead atoms. The van der Waals surface area contributed by atoms with E-state index in [1.54, 1.807) is 12.1 Å². The average molecular weight is 312 g/mol. The summed E-state index contributed by atoms with van der Waals surface area (Å²) in [5.41, 5.74) is 0.670. The van der Waals surface area contributed by atoms with Crippen molar-refractivity contribution in [3.63, 3.8) is 0 Å². The van der Waals surface area contributed by atoms with Crippen molar-refractivity contribution in [2.75, 3.05) is 6.61 Å². The van der Waals surface area contributed by atoms with E-state index in [1.807, 2.05) is 0 Å². The first-order valence-electron chi connectivity index (χ1n) is 6.44. The molecular formula is C14H17FN2O3S. The smallest absolute Gasteiger partial charge is 0.348 e. The molecule has 1 aromatic heterocycles. The summed E-state index contributed by atoms with van der Waals surface area (Å²) in [4.78, 5) is 15.9. The first kappa shape index (κ1) is 15.9. The van der Waals surface area contributed by atoms with E-state index >= 15 is 0 Å². The van der Waals surface area contributed by atoms with Gasteiger partial charge in [-0.3, -0.25) is 4.57 Å². The first-order chi connectivity index (χ1) is 9.97. The summed E-state index contributed by atoms with van der Waals surface area (Å²) in [6.07, 6.45) is 0.522. The Hall–Kier alpha value is -1.44. The lowest BCUT2D eigenvalue weighted by molar-refractivity contribution is 0.0631. The molecule has 4 atom stereocenters. The fourth-order valence-electron chi connectivity index (χ4n) is 2.12. The molecule has 2 N–H and O–H groups in total. The molecule has 0 amide bonds. The second-order valence-electron chi connectivity index (χ2n) is 4.83. The number of alkyl halides is 1. The van der Waals surface area contributed by atoms with Crippen LogP contribution in [0.4, 0.5) is 4.39 Å². The maximum Gasteiger partial charge on any atom is 0.348 e. The summed E-state index contributed by atoms with van der Waals surface area (Å²) in [5.74, 6) is 0. The maximum absolute atomic E-state index is 14.1. The molecule has 2 heterocycles. The molecular weight excluding hydrogens is 295 g/mol. The molecule has 21 heavy (non-hydrogen) atoms.